The minimum Gasteiger partial charge on any atom is -0.348 e. The molecule has 0 spiro atoms. The molecular formula is C16H22F2N2O. The molecule has 1 fully saturated rings. The van der Waals surface area contributed by atoms with Crippen LogP contribution in [0.5, 0.6) is 0 Å². The summed E-state index contributed by atoms with van der Waals surface area (Å²) in [4.78, 5) is 12.3. The van der Waals surface area contributed by atoms with Gasteiger partial charge in [0.15, 0.2) is 0 Å². The second kappa shape index (κ2) is 6.98. The highest BCUT2D eigenvalue weighted by Gasteiger charge is 2.27. The first-order valence-corrected chi connectivity index (χ1v) is 7.50. The molecule has 0 aromatic heterocycles. The largest absolute Gasteiger partial charge is 0.348 e. The lowest BCUT2D eigenvalue weighted by molar-refractivity contribution is -0.124. The quantitative estimate of drug-likeness (QED) is 0.897. The van der Waals surface area contributed by atoms with Crippen molar-refractivity contribution >= 4 is 5.91 Å². The first-order chi connectivity index (χ1) is 10.0. The third-order valence-electron chi connectivity index (χ3n) is 4.19. The summed E-state index contributed by atoms with van der Waals surface area (Å²) in [6.45, 7) is 4.66. The van der Waals surface area contributed by atoms with Crippen molar-refractivity contribution in [1.29, 1.82) is 0 Å². The number of hydrogen-bond donors (Lipinski definition) is 2. The van der Waals surface area contributed by atoms with E-state index in [1.807, 2.05) is 0 Å². The number of amides is 1. The van der Waals surface area contributed by atoms with Gasteiger partial charge >= 0.3 is 0 Å². The molecule has 0 radical (unpaired) electrons. The Morgan fingerprint density at radius 2 is 2.24 bits per heavy atom. The average molecular weight is 296 g/mol. The first-order valence-electron chi connectivity index (χ1n) is 7.50. The van der Waals surface area contributed by atoms with Crippen molar-refractivity contribution in [3.63, 3.8) is 0 Å². The van der Waals surface area contributed by atoms with Gasteiger partial charge in [-0.2, -0.15) is 0 Å². The van der Waals surface area contributed by atoms with Gasteiger partial charge in [0.2, 0.25) is 5.91 Å². The van der Waals surface area contributed by atoms with Gasteiger partial charge in [-0.3, -0.25) is 4.79 Å². The van der Waals surface area contributed by atoms with E-state index in [0.29, 0.717) is 11.5 Å². The molecule has 116 valence electrons. The van der Waals surface area contributed by atoms with Crippen LogP contribution >= 0.6 is 0 Å². The molecule has 1 aromatic rings. The van der Waals surface area contributed by atoms with Crippen molar-refractivity contribution in [1.82, 2.24) is 10.6 Å². The number of nitrogens with one attached hydrogen (secondary N) is 2. The van der Waals surface area contributed by atoms with Gasteiger partial charge in [0.1, 0.15) is 11.6 Å². The number of carbonyl (C=O) groups is 1. The maximum absolute atomic E-state index is 13.7. The van der Waals surface area contributed by atoms with Gasteiger partial charge in [-0.1, -0.05) is 19.4 Å². The molecule has 3 unspecified atom stereocenters. The monoisotopic (exact) mass is 296 g/mol. The highest BCUT2D eigenvalue weighted by Crippen LogP contribution is 2.21. The molecule has 1 heterocycles. The summed E-state index contributed by atoms with van der Waals surface area (Å²) in [5, 5.41) is 6.00. The van der Waals surface area contributed by atoms with Crippen LogP contribution < -0.4 is 10.6 Å². The number of halogens is 2. The zero-order valence-corrected chi connectivity index (χ0v) is 12.5. The van der Waals surface area contributed by atoms with E-state index in [1.54, 1.807) is 6.92 Å². The predicted octanol–water partition coefficient (Wildman–Crippen LogP) is 2.92. The summed E-state index contributed by atoms with van der Waals surface area (Å²) >= 11 is 0. The maximum Gasteiger partial charge on any atom is 0.237 e. The number of carbonyl (C=O) groups excluding carboxylic acids is 1. The van der Waals surface area contributed by atoms with Gasteiger partial charge in [-0.05, 0) is 38.3 Å². The Balaban J connectivity index is 1.98. The van der Waals surface area contributed by atoms with Gasteiger partial charge in [0.05, 0.1) is 12.1 Å². The Morgan fingerprint density at radius 3 is 2.90 bits per heavy atom. The molecule has 0 bridgehead atoms. The molecule has 1 saturated heterocycles. The lowest BCUT2D eigenvalue weighted by Crippen LogP contribution is -2.49. The third-order valence-corrected chi connectivity index (χ3v) is 4.19. The number of piperidine rings is 1. The van der Waals surface area contributed by atoms with E-state index in [0.717, 1.165) is 31.9 Å². The molecule has 3 atom stereocenters. The van der Waals surface area contributed by atoms with Crippen LogP contribution in [0.15, 0.2) is 18.2 Å². The molecule has 3 nitrogen and oxygen atoms in total. The van der Waals surface area contributed by atoms with Crippen molar-refractivity contribution in [3.8, 4) is 0 Å². The lowest BCUT2D eigenvalue weighted by atomic mass is 9.90. The molecule has 1 amide bonds. The van der Waals surface area contributed by atoms with Crippen LogP contribution in [-0.4, -0.2) is 18.5 Å². The second-order valence-electron chi connectivity index (χ2n) is 5.70. The predicted molar refractivity (Wildman–Crippen MR) is 77.7 cm³/mol. The zero-order chi connectivity index (χ0) is 15.4. The summed E-state index contributed by atoms with van der Waals surface area (Å²) in [5.74, 6) is -0.815. The third kappa shape index (κ3) is 4.00. The Labute approximate surface area is 124 Å². The minimum atomic E-state index is -0.633. The Hall–Kier alpha value is -1.49. The minimum absolute atomic E-state index is 0.121. The Bertz CT molecular complexity index is 507. The molecular weight excluding hydrogens is 274 g/mol. The van der Waals surface area contributed by atoms with Crippen LogP contribution in [0.2, 0.25) is 0 Å². The van der Waals surface area contributed by atoms with Crippen molar-refractivity contribution in [2.45, 2.75) is 45.2 Å². The average Bonchev–Trinajstić information content (AvgIpc) is 2.47. The van der Waals surface area contributed by atoms with E-state index < -0.39 is 17.7 Å². The normalized spacial score (nSPS) is 23.6. The van der Waals surface area contributed by atoms with Crippen molar-refractivity contribution in [2.75, 3.05) is 6.54 Å². The van der Waals surface area contributed by atoms with Crippen molar-refractivity contribution in [2.24, 2.45) is 5.92 Å². The molecule has 21 heavy (non-hydrogen) atoms. The van der Waals surface area contributed by atoms with E-state index >= 15 is 0 Å². The van der Waals surface area contributed by atoms with Gasteiger partial charge in [0, 0.05) is 11.6 Å². The lowest BCUT2D eigenvalue weighted by Gasteiger charge is -2.30. The van der Waals surface area contributed by atoms with Crippen LogP contribution in [0.25, 0.3) is 0 Å². The first kappa shape index (κ1) is 15.9. The van der Waals surface area contributed by atoms with E-state index in [1.165, 1.54) is 12.1 Å². The van der Waals surface area contributed by atoms with Crippen LogP contribution in [0.1, 0.15) is 44.7 Å². The standard InChI is InChI=1S/C16H22F2N2O/c1-3-11-6-7-19-15(8-11)16(21)20-10(2)13-5-4-12(17)9-14(13)18/h4-5,9-11,15,19H,3,6-8H2,1-2H3,(H,20,21). The van der Waals surface area contributed by atoms with Gasteiger partial charge < -0.3 is 10.6 Å². The summed E-state index contributed by atoms with van der Waals surface area (Å²) < 4.78 is 26.6. The molecule has 1 aromatic carbocycles. The van der Waals surface area contributed by atoms with Crippen LogP contribution in [0.4, 0.5) is 8.78 Å². The molecule has 2 N–H and O–H groups in total. The summed E-state index contributed by atoms with van der Waals surface area (Å²) in [5.41, 5.74) is 0.299. The van der Waals surface area contributed by atoms with Gasteiger partial charge in [0.25, 0.3) is 0 Å². The number of hydrogen-bond acceptors (Lipinski definition) is 2. The molecule has 1 aliphatic heterocycles. The van der Waals surface area contributed by atoms with E-state index in [9.17, 15) is 13.6 Å². The molecule has 5 heteroatoms. The van der Waals surface area contributed by atoms with Crippen LogP contribution in [0.3, 0.4) is 0 Å². The summed E-state index contributed by atoms with van der Waals surface area (Å²) in [7, 11) is 0. The second-order valence-corrected chi connectivity index (χ2v) is 5.70. The van der Waals surface area contributed by atoms with Crippen molar-refractivity contribution in [3.05, 3.63) is 35.4 Å². The van der Waals surface area contributed by atoms with Crippen molar-refractivity contribution < 1.29 is 13.6 Å². The van der Waals surface area contributed by atoms with E-state index in [4.69, 9.17) is 0 Å². The van der Waals surface area contributed by atoms with E-state index in [-0.39, 0.29) is 11.9 Å². The molecule has 1 aliphatic rings. The fourth-order valence-electron chi connectivity index (χ4n) is 2.81. The number of benzene rings is 1. The van der Waals surface area contributed by atoms with E-state index in [2.05, 4.69) is 17.6 Å². The Kier molecular flexibility index (Phi) is 5.28. The Morgan fingerprint density at radius 1 is 1.48 bits per heavy atom. The van der Waals surface area contributed by atoms with Gasteiger partial charge in [-0.25, -0.2) is 8.78 Å². The fraction of sp³-hybridized carbons (Fsp3) is 0.562. The van der Waals surface area contributed by atoms with Crippen LogP contribution in [-0.2, 0) is 4.79 Å². The number of rotatable bonds is 4. The van der Waals surface area contributed by atoms with Crippen LogP contribution in [0, 0.1) is 17.6 Å². The maximum atomic E-state index is 13.7. The molecule has 0 saturated carbocycles. The zero-order valence-electron chi connectivity index (χ0n) is 12.5. The molecule has 2 rings (SSSR count). The summed E-state index contributed by atoms with van der Waals surface area (Å²) in [6, 6.07) is 2.70. The molecule has 0 aliphatic carbocycles. The highest BCUT2D eigenvalue weighted by molar-refractivity contribution is 5.82. The smallest absolute Gasteiger partial charge is 0.237 e. The topological polar surface area (TPSA) is 41.1 Å². The highest BCUT2D eigenvalue weighted by atomic mass is 19.1. The van der Waals surface area contributed by atoms with Gasteiger partial charge in [-0.15, -0.1) is 0 Å². The fourth-order valence-corrected chi connectivity index (χ4v) is 2.81. The summed E-state index contributed by atoms with van der Waals surface area (Å²) in [6.07, 6.45) is 2.96. The SMILES string of the molecule is CCC1CCNC(C(=O)NC(C)c2ccc(F)cc2F)C1.